The SMILES string of the molecule is CCS(=O)(=O)c1ccc(N(CC(=O)Nc2cc(C)c(C(C)(C)c3noc(C4CC4)n3)c(C)c2)CC(F)(F)F)cc1. The molecule has 0 radical (unpaired) electrons. The largest absolute Gasteiger partial charge is 0.405 e. The lowest BCUT2D eigenvalue weighted by Crippen LogP contribution is -2.39. The van der Waals surface area contributed by atoms with E-state index in [9.17, 15) is 26.4 Å². The molecule has 12 heteroatoms. The predicted octanol–water partition coefficient (Wildman–Crippen LogP) is 5.69. The van der Waals surface area contributed by atoms with Gasteiger partial charge < -0.3 is 14.7 Å². The highest BCUT2D eigenvalue weighted by molar-refractivity contribution is 7.91. The third-order valence-electron chi connectivity index (χ3n) is 7.01. The molecule has 8 nitrogen and oxygen atoms in total. The first-order valence-corrected chi connectivity index (χ1v) is 14.7. The molecule has 1 saturated carbocycles. The van der Waals surface area contributed by atoms with Gasteiger partial charge in [-0.05, 0) is 93.6 Å². The van der Waals surface area contributed by atoms with Crippen LogP contribution in [-0.4, -0.2) is 49.5 Å². The average molecular weight is 579 g/mol. The van der Waals surface area contributed by atoms with Crippen molar-refractivity contribution in [2.24, 2.45) is 0 Å². The molecular formula is C28H33F3N4O4S. The summed E-state index contributed by atoms with van der Waals surface area (Å²) < 4.78 is 69.7. The maximum Gasteiger partial charge on any atom is 0.405 e. The van der Waals surface area contributed by atoms with Gasteiger partial charge in [0.2, 0.25) is 11.8 Å². The number of benzene rings is 2. The Morgan fingerprint density at radius 2 is 1.70 bits per heavy atom. The van der Waals surface area contributed by atoms with Crippen molar-refractivity contribution in [2.45, 2.75) is 69.9 Å². The van der Waals surface area contributed by atoms with Gasteiger partial charge in [-0.2, -0.15) is 18.2 Å². The van der Waals surface area contributed by atoms with E-state index in [4.69, 9.17) is 4.52 Å². The molecule has 0 atom stereocenters. The topological polar surface area (TPSA) is 105 Å². The first-order valence-electron chi connectivity index (χ1n) is 13.0. The van der Waals surface area contributed by atoms with Crippen LogP contribution < -0.4 is 10.2 Å². The van der Waals surface area contributed by atoms with Crippen molar-refractivity contribution < 1.29 is 30.9 Å². The Hall–Kier alpha value is -3.41. The van der Waals surface area contributed by atoms with Crippen LogP contribution in [0.1, 0.15) is 67.9 Å². The Bertz CT molecular complexity index is 1470. The number of amides is 1. The minimum absolute atomic E-state index is 0.00806. The summed E-state index contributed by atoms with van der Waals surface area (Å²) in [5.41, 5.74) is 2.64. The fraction of sp³-hybridized carbons (Fsp3) is 0.464. The Morgan fingerprint density at radius 1 is 1.10 bits per heavy atom. The van der Waals surface area contributed by atoms with Crippen LogP contribution in [0.5, 0.6) is 0 Å². The number of hydrogen-bond acceptors (Lipinski definition) is 7. The number of hydrogen-bond donors (Lipinski definition) is 1. The van der Waals surface area contributed by atoms with Crippen LogP contribution in [0.2, 0.25) is 0 Å². The molecule has 0 bridgehead atoms. The van der Waals surface area contributed by atoms with Crippen molar-refractivity contribution in [2.75, 3.05) is 29.1 Å². The summed E-state index contributed by atoms with van der Waals surface area (Å²) in [7, 11) is -3.51. The van der Waals surface area contributed by atoms with E-state index >= 15 is 0 Å². The molecule has 1 N–H and O–H groups in total. The zero-order chi connectivity index (χ0) is 29.5. The van der Waals surface area contributed by atoms with Gasteiger partial charge in [0.1, 0.15) is 6.54 Å². The number of anilines is 2. The molecule has 1 aliphatic rings. The van der Waals surface area contributed by atoms with Crippen LogP contribution in [0, 0.1) is 13.8 Å². The molecule has 1 aromatic heterocycles. The van der Waals surface area contributed by atoms with Crippen LogP contribution in [0.4, 0.5) is 24.5 Å². The molecule has 2 aromatic carbocycles. The number of nitrogens with zero attached hydrogens (tertiary/aromatic N) is 3. The number of rotatable bonds is 10. The van der Waals surface area contributed by atoms with Crippen molar-refractivity contribution in [1.82, 2.24) is 10.1 Å². The number of aryl methyl sites for hydroxylation is 2. The van der Waals surface area contributed by atoms with E-state index in [-0.39, 0.29) is 16.3 Å². The second kappa shape index (κ2) is 10.9. The summed E-state index contributed by atoms with van der Waals surface area (Å²) in [5.74, 6) is 0.765. The van der Waals surface area contributed by atoms with Gasteiger partial charge >= 0.3 is 6.18 Å². The number of aromatic nitrogens is 2. The van der Waals surface area contributed by atoms with Gasteiger partial charge in [0.15, 0.2) is 15.7 Å². The van der Waals surface area contributed by atoms with Gasteiger partial charge in [0.25, 0.3) is 0 Å². The molecule has 0 saturated heterocycles. The Balaban J connectivity index is 1.52. The van der Waals surface area contributed by atoms with Gasteiger partial charge in [0, 0.05) is 17.3 Å². The quantitative estimate of drug-likeness (QED) is 0.330. The predicted molar refractivity (Wildman–Crippen MR) is 145 cm³/mol. The van der Waals surface area contributed by atoms with Crippen molar-refractivity contribution in [1.29, 1.82) is 0 Å². The van der Waals surface area contributed by atoms with Crippen molar-refractivity contribution >= 4 is 27.1 Å². The maximum absolute atomic E-state index is 13.4. The average Bonchev–Trinajstić information content (AvgIpc) is 3.57. The summed E-state index contributed by atoms with van der Waals surface area (Å²) in [6.45, 7) is 7.29. The maximum atomic E-state index is 13.4. The first-order chi connectivity index (χ1) is 18.6. The molecule has 3 aromatic rings. The number of alkyl halides is 3. The standard InChI is InChI=1S/C28H33F3N4O4S/c1-6-40(37,38)22-11-9-21(10-12-22)35(16-28(29,30)31)15-23(36)32-20-13-17(2)24(18(3)14-20)27(4,5)26-33-25(39-34-26)19-7-8-19/h9-14,19H,6-8,15-16H2,1-5H3,(H,32,36). The van der Waals surface area contributed by atoms with E-state index < -0.39 is 40.4 Å². The van der Waals surface area contributed by atoms with E-state index in [0.717, 1.165) is 34.4 Å². The Morgan fingerprint density at radius 3 is 2.23 bits per heavy atom. The molecule has 1 heterocycles. The molecule has 216 valence electrons. The van der Waals surface area contributed by atoms with Gasteiger partial charge in [0.05, 0.1) is 22.6 Å². The summed E-state index contributed by atoms with van der Waals surface area (Å²) in [6, 6.07) is 8.59. The molecule has 0 spiro atoms. The van der Waals surface area contributed by atoms with Crippen molar-refractivity contribution in [3.63, 3.8) is 0 Å². The molecule has 1 aliphatic carbocycles. The minimum Gasteiger partial charge on any atom is -0.353 e. The molecule has 40 heavy (non-hydrogen) atoms. The van der Waals surface area contributed by atoms with Crippen LogP contribution in [0.3, 0.4) is 0 Å². The fourth-order valence-electron chi connectivity index (χ4n) is 4.98. The summed E-state index contributed by atoms with van der Waals surface area (Å²) in [4.78, 5) is 18.4. The van der Waals surface area contributed by atoms with Crippen molar-refractivity contribution in [3.05, 3.63) is 64.8 Å². The lowest BCUT2D eigenvalue weighted by atomic mass is 9.78. The number of carbonyl (C=O) groups is 1. The summed E-state index contributed by atoms with van der Waals surface area (Å²) >= 11 is 0. The number of carbonyl (C=O) groups excluding carboxylic acids is 1. The van der Waals surface area contributed by atoms with Gasteiger partial charge in [-0.25, -0.2) is 8.42 Å². The van der Waals surface area contributed by atoms with Gasteiger partial charge in [-0.15, -0.1) is 0 Å². The van der Waals surface area contributed by atoms with E-state index in [2.05, 4.69) is 15.5 Å². The highest BCUT2D eigenvalue weighted by Gasteiger charge is 2.36. The Kier molecular flexibility index (Phi) is 8.04. The molecule has 0 unspecified atom stereocenters. The van der Waals surface area contributed by atoms with Crippen LogP contribution >= 0.6 is 0 Å². The monoisotopic (exact) mass is 578 g/mol. The first kappa shape index (κ1) is 29.6. The third-order valence-corrected chi connectivity index (χ3v) is 8.76. The molecule has 0 aliphatic heterocycles. The lowest BCUT2D eigenvalue weighted by Gasteiger charge is -2.27. The zero-order valence-corrected chi connectivity index (χ0v) is 23.9. The van der Waals surface area contributed by atoms with Gasteiger partial charge in [-0.3, -0.25) is 4.79 Å². The Labute approximate surface area is 231 Å². The second-order valence-corrected chi connectivity index (χ2v) is 13.0. The van der Waals surface area contributed by atoms with Crippen LogP contribution in [-0.2, 0) is 20.0 Å². The highest BCUT2D eigenvalue weighted by Crippen LogP contribution is 2.41. The number of sulfone groups is 1. The van der Waals surface area contributed by atoms with Gasteiger partial charge in [-0.1, -0.05) is 12.1 Å². The molecule has 1 amide bonds. The number of halogens is 3. The second-order valence-electron chi connectivity index (χ2n) is 10.8. The molecule has 1 fully saturated rings. The van der Waals surface area contributed by atoms with Crippen LogP contribution in [0.15, 0.2) is 45.8 Å². The molecular weight excluding hydrogens is 545 g/mol. The highest BCUT2D eigenvalue weighted by atomic mass is 32.2. The minimum atomic E-state index is -4.58. The zero-order valence-electron chi connectivity index (χ0n) is 23.1. The molecule has 4 rings (SSSR count). The van der Waals surface area contributed by atoms with E-state index in [1.807, 2.05) is 27.7 Å². The van der Waals surface area contributed by atoms with Crippen molar-refractivity contribution in [3.8, 4) is 0 Å². The van der Waals surface area contributed by atoms with E-state index in [0.29, 0.717) is 23.3 Å². The van der Waals surface area contributed by atoms with Crippen LogP contribution in [0.25, 0.3) is 0 Å². The number of nitrogens with one attached hydrogen (secondary N) is 1. The third kappa shape index (κ3) is 6.65. The lowest BCUT2D eigenvalue weighted by molar-refractivity contribution is -0.122. The fourth-order valence-corrected chi connectivity index (χ4v) is 5.86. The summed E-state index contributed by atoms with van der Waals surface area (Å²) in [5, 5.41) is 6.91. The smallest absolute Gasteiger partial charge is 0.353 e. The van der Waals surface area contributed by atoms with E-state index in [1.165, 1.54) is 31.2 Å². The normalized spacial score (nSPS) is 14.3. The van der Waals surface area contributed by atoms with E-state index in [1.54, 1.807) is 12.1 Å². The summed E-state index contributed by atoms with van der Waals surface area (Å²) in [6.07, 6.45) is -2.49.